The maximum atomic E-state index is 6.15. The van der Waals surface area contributed by atoms with Crippen LogP contribution in [0.2, 0.25) is 0 Å². The highest BCUT2D eigenvalue weighted by Gasteiger charge is 2.25. The largest absolute Gasteiger partial charge is 0.497 e. The lowest BCUT2D eigenvalue weighted by Gasteiger charge is -2.24. The molecule has 32 heavy (non-hydrogen) atoms. The SMILES string of the molecule is COc1ccc2c(c1)CC(c1nc3c(OCCN(C)C)cc(-c4cn[nH]c4)cc3[nH]1)CO2. The predicted octanol–water partition coefficient (Wildman–Crippen LogP) is 3.62. The Labute approximate surface area is 186 Å². The van der Waals surface area contributed by atoms with Crippen molar-refractivity contribution in [3.05, 3.63) is 54.1 Å². The summed E-state index contributed by atoms with van der Waals surface area (Å²) in [6.07, 6.45) is 4.51. The van der Waals surface area contributed by atoms with Crippen LogP contribution in [0.4, 0.5) is 0 Å². The molecule has 0 saturated heterocycles. The van der Waals surface area contributed by atoms with Crippen LogP contribution in [-0.2, 0) is 6.42 Å². The lowest BCUT2D eigenvalue weighted by molar-refractivity contribution is 0.257. The molecule has 0 aliphatic carbocycles. The van der Waals surface area contributed by atoms with Crippen molar-refractivity contribution in [3.63, 3.8) is 0 Å². The highest BCUT2D eigenvalue weighted by Crippen LogP contribution is 2.36. The number of hydrogen-bond acceptors (Lipinski definition) is 6. The first-order valence-electron chi connectivity index (χ1n) is 10.7. The summed E-state index contributed by atoms with van der Waals surface area (Å²) in [5.41, 5.74) is 4.93. The highest BCUT2D eigenvalue weighted by atomic mass is 16.5. The fourth-order valence-electron chi connectivity index (χ4n) is 4.00. The van der Waals surface area contributed by atoms with E-state index >= 15 is 0 Å². The van der Waals surface area contributed by atoms with E-state index in [9.17, 15) is 0 Å². The van der Waals surface area contributed by atoms with Crippen molar-refractivity contribution in [2.24, 2.45) is 0 Å². The second-order valence-corrected chi connectivity index (χ2v) is 8.32. The molecule has 0 saturated carbocycles. The van der Waals surface area contributed by atoms with E-state index in [0.717, 1.165) is 63.8 Å². The molecule has 1 unspecified atom stereocenters. The fraction of sp³-hybridized carbons (Fsp3) is 0.333. The molecule has 166 valence electrons. The molecular formula is C24H27N5O3. The van der Waals surface area contributed by atoms with Crippen LogP contribution >= 0.6 is 0 Å². The van der Waals surface area contributed by atoms with Gasteiger partial charge in [-0.1, -0.05) is 0 Å². The number of fused-ring (bicyclic) bond motifs is 2. The van der Waals surface area contributed by atoms with Gasteiger partial charge in [0.05, 0.1) is 31.3 Å². The molecule has 8 heteroatoms. The summed E-state index contributed by atoms with van der Waals surface area (Å²) in [6, 6.07) is 10.1. The Morgan fingerprint density at radius 3 is 2.88 bits per heavy atom. The van der Waals surface area contributed by atoms with E-state index in [1.54, 1.807) is 13.3 Å². The first-order valence-corrected chi connectivity index (χ1v) is 10.7. The number of aromatic nitrogens is 4. The Kier molecular flexibility index (Phi) is 5.45. The summed E-state index contributed by atoms with van der Waals surface area (Å²) >= 11 is 0. The molecule has 1 aliphatic rings. The third-order valence-electron chi connectivity index (χ3n) is 5.76. The van der Waals surface area contributed by atoms with Crippen LogP contribution in [0, 0.1) is 0 Å². The lowest BCUT2D eigenvalue weighted by Crippen LogP contribution is -2.20. The number of nitrogens with zero attached hydrogens (tertiary/aromatic N) is 3. The highest BCUT2D eigenvalue weighted by molar-refractivity contribution is 5.87. The Bertz CT molecular complexity index is 1220. The van der Waals surface area contributed by atoms with E-state index in [0.29, 0.717) is 13.2 Å². The molecule has 4 aromatic rings. The van der Waals surface area contributed by atoms with Crippen LogP contribution in [0.3, 0.4) is 0 Å². The number of ether oxygens (including phenoxy) is 3. The molecule has 0 spiro atoms. The van der Waals surface area contributed by atoms with Gasteiger partial charge in [0.2, 0.25) is 0 Å². The standard InChI is InChI=1S/C24H27N5O3/c1-29(2)6-7-31-22-11-15(18-12-25-26-13-18)10-20-23(22)28-24(27-20)17-8-16-9-19(30-3)4-5-21(16)32-14-17/h4-5,9-13,17H,6-8,14H2,1-3H3,(H,25,26)(H,27,28). The Morgan fingerprint density at radius 2 is 2.09 bits per heavy atom. The number of nitrogens with one attached hydrogen (secondary N) is 2. The molecule has 0 amide bonds. The number of hydrogen-bond donors (Lipinski definition) is 2. The van der Waals surface area contributed by atoms with Crippen LogP contribution < -0.4 is 14.2 Å². The zero-order valence-electron chi connectivity index (χ0n) is 18.5. The normalized spacial score (nSPS) is 15.6. The molecule has 3 heterocycles. The van der Waals surface area contributed by atoms with Crippen molar-refractivity contribution in [2.75, 3.05) is 41.0 Å². The number of rotatable bonds is 7. The van der Waals surface area contributed by atoms with Gasteiger partial charge in [0, 0.05) is 18.3 Å². The van der Waals surface area contributed by atoms with Gasteiger partial charge in [0.1, 0.15) is 35.2 Å². The maximum absolute atomic E-state index is 6.15. The summed E-state index contributed by atoms with van der Waals surface area (Å²) in [5, 5.41) is 6.96. The molecular weight excluding hydrogens is 406 g/mol. The Morgan fingerprint density at radius 1 is 1.19 bits per heavy atom. The second-order valence-electron chi connectivity index (χ2n) is 8.32. The van der Waals surface area contributed by atoms with Crippen LogP contribution in [0.5, 0.6) is 17.2 Å². The van der Waals surface area contributed by atoms with Gasteiger partial charge in [-0.15, -0.1) is 0 Å². The maximum Gasteiger partial charge on any atom is 0.147 e. The lowest BCUT2D eigenvalue weighted by atomic mass is 9.96. The van der Waals surface area contributed by atoms with Gasteiger partial charge < -0.3 is 24.1 Å². The van der Waals surface area contributed by atoms with Crippen molar-refractivity contribution in [1.29, 1.82) is 0 Å². The molecule has 2 aromatic heterocycles. The van der Waals surface area contributed by atoms with Crippen molar-refractivity contribution >= 4 is 11.0 Å². The fourth-order valence-corrected chi connectivity index (χ4v) is 4.00. The van der Waals surface area contributed by atoms with Crippen molar-refractivity contribution < 1.29 is 14.2 Å². The molecule has 5 rings (SSSR count). The van der Waals surface area contributed by atoms with E-state index in [-0.39, 0.29) is 5.92 Å². The molecule has 1 aliphatic heterocycles. The van der Waals surface area contributed by atoms with Crippen molar-refractivity contribution in [1.82, 2.24) is 25.1 Å². The summed E-state index contributed by atoms with van der Waals surface area (Å²) < 4.78 is 17.6. The minimum absolute atomic E-state index is 0.119. The molecule has 0 fully saturated rings. The number of methoxy groups -OCH3 is 1. The zero-order valence-corrected chi connectivity index (χ0v) is 18.5. The minimum atomic E-state index is 0.119. The number of H-pyrrole nitrogens is 2. The number of likely N-dealkylation sites (N-methyl/N-ethyl adjacent to an activating group) is 1. The van der Waals surface area contributed by atoms with Crippen molar-refractivity contribution in [3.8, 4) is 28.4 Å². The monoisotopic (exact) mass is 433 g/mol. The van der Waals surface area contributed by atoms with Crippen LogP contribution in [0.1, 0.15) is 17.3 Å². The second kappa shape index (κ2) is 8.55. The third-order valence-corrected chi connectivity index (χ3v) is 5.76. The number of aromatic amines is 2. The van der Waals surface area contributed by atoms with Gasteiger partial charge in [0.15, 0.2) is 0 Å². The molecule has 1 atom stereocenters. The summed E-state index contributed by atoms with van der Waals surface area (Å²) in [7, 11) is 5.74. The topological polar surface area (TPSA) is 88.3 Å². The van der Waals surface area contributed by atoms with Crippen LogP contribution in [0.15, 0.2) is 42.7 Å². The quantitative estimate of drug-likeness (QED) is 0.463. The molecule has 0 radical (unpaired) electrons. The van der Waals surface area contributed by atoms with Crippen molar-refractivity contribution in [2.45, 2.75) is 12.3 Å². The first kappa shape index (κ1) is 20.4. The van der Waals surface area contributed by atoms with E-state index in [1.807, 2.05) is 44.6 Å². The van der Waals surface area contributed by atoms with Crippen LogP contribution in [-0.4, -0.2) is 66.0 Å². The third kappa shape index (κ3) is 4.01. The van der Waals surface area contributed by atoms with Gasteiger partial charge >= 0.3 is 0 Å². The van der Waals surface area contributed by atoms with Gasteiger partial charge in [-0.3, -0.25) is 5.10 Å². The van der Waals surface area contributed by atoms with E-state index in [2.05, 4.69) is 26.1 Å². The number of imidazole rings is 1. The smallest absolute Gasteiger partial charge is 0.147 e. The average molecular weight is 434 g/mol. The van der Waals surface area contributed by atoms with Gasteiger partial charge in [0.25, 0.3) is 0 Å². The Hall–Kier alpha value is -3.52. The van der Waals surface area contributed by atoms with E-state index in [4.69, 9.17) is 19.2 Å². The predicted molar refractivity (Wildman–Crippen MR) is 123 cm³/mol. The van der Waals surface area contributed by atoms with E-state index in [1.165, 1.54) is 0 Å². The van der Waals surface area contributed by atoms with Crippen LogP contribution in [0.25, 0.3) is 22.2 Å². The minimum Gasteiger partial charge on any atom is -0.497 e. The Balaban J connectivity index is 1.49. The van der Waals surface area contributed by atoms with Gasteiger partial charge in [-0.2, -0.15) is 5.10 Å². The number of benzene rings is 2. The zero-order chi connectivity index (χ0) is 22.1. The molecule has 0 bridgehead atoms. The van der Waals surface area contributed by atoms with E-state index < -0.39 is 0 Å². The van der Waals surface area contributed by atoms with Gasteiger partial charge in [-0.25, -0.2) is 4.98 Å². The summed E-state index contributed by atoms with van der Waals surface area (Å²) in [6.45, 7) is 1.98. The molecule has 2 N–H and O–H groups in total. The van der Waals surface area contributed by atoms with Gasteiger partial charge in [-0.05, 0) is 62.0 Å². The molecule has 8 nitrogen and oxygen atoms in total. The average Bonchev–Trinajstić information content (AvgIpc) is 3.48. The summed E-state index contributed by atoms with van der Waals surface area (Å²) in [4.78, 5) is 10.6. The molecule has 2 aromatic carbocycles. The summed E-state index contributed by atoms with van der Waals surface area (Å²) in [5.74, 6) is 3.53. The first-order chi connectivity index (χ1) is 15.6.